The molecule has 0 fully saturated rings. The molecule has 0 atom stereocenters. The van der Waals surface area contributed by atoms with Gasteiger partial charge < -0.3 is 14.5 Å². The normalized spacial score (nSPS) is 13.4. The van der Waals surface area contributed by atoms with Crippen molar-refractivity contribution in [2.45, 2.75) is 60.9 Å². The third-order valence-corrected chi connectivity index (χ3v) is 7.29. The number of anilines is 3. The van der Waals surface area contributed by atoms with Gasteiger partial charge in [-0.2, -0.15) is 5.10 Å². The highest BCUT2D eigenvalue weighted by Gasteiger charge is 2.30. The molecule has 1 aliphatic rings. The SMILES string of the molecule is COCCN(Cc1cc(C)c(C)c(C)c1)c1c2c(nn1C)N(c1c(C)cc(C)cc1C)CCC2. The van der Waals surface area contributed by atoms with Crippen molar-refractivity contribution in [2.24, 2.45) is 7.05 Å². The fourth-order valence-corrected chi connectivity index (χ4v) is 5.62. The third-order valence-electron chi connectivity index (χ3n) is 7.29. The number of methoxy groups -OCH3 is 1. The summed E-state index contributed by atoms with van der Waals surface area (Å²) in [7, 11) is 3.87. The third kappa shape index (κ3) is 4.58. The Kier molecular flexibility index (Phi) is 7.04. The first kappa shape index (κ1) is 24.3. The van der Waals surface area contributed by atoms with Gasteiger partial charge in [-0.1, -0.05) is 29.8 Å². The molecule has 2 heterocycles. The van der Waals surface area contributed by atoms with Crippen molar-refractivity contribution in [3.05, 3.63) is 68.8 Å². The number of aromatic nitrogens is 2. The van der Waals surface area contributed by atoms with Crippen LogP contribution in [-0.4, -0.2) is 36.6 Å². The van der Waals surface area contributed by atoms with Crippen LogP contribution in [0.3, 0.4) is 0 Å². The molecule has 0 amide bonds. The van der Waals surface area contributed by atoms with Gasteiger partial charge in [-0.15, -0.1) is 0 Å². The molecule has 0 saturated heterocycles. The maximum atomic E-state index is 5.51. The van der Waals surface area contributed by atoms with Crippen molar-refractivity contribution < 1.29 is 4.74 Å². The number of benzene rings is 2. The topological polar surface area (TPSA) is 33.5 Å². The number of fused-ring (bicyclic) bond motifs is 1. The van der Waals surface area contributed by atoms with Crippen LogP contribution in [0, 0.1) is 41.5 Å². The Hall–Kier alpha value is -2.79. The summed E-state index contributed by atoms with van der Waals surface area (Å²) in [6.07, 6.45) is 2.17. The minimum Gasteiger partial charge on any atom is -0.383 e. The van der Waals surface area contributed by atoms with Crippen molar-refractivity contribution in [2.75, 3.05) is 36.6 Å². The van der Waals surface area contributed by atoms with Gasteiger partial charge in [-0.05, 0) is 87.8 Å². The summed E-state index contributed by atoms with van der Waals surface area (Å²) >= 11 is 0. The van der Waals surface area contributed by atoms with E-state index >= 15 is 0 Å². The molecular weight excluding hydrogens is 420 g/mol. The van der Waals surface area contributed by atoms with Crippen LogP contribution in [0.4, 0.5) is 17.3 Å². The molecule has 0 aliphatic carbocycles. The number of ether oxygens (including phenoxy) is 1. The van der Waals surface area contributed by atoms with Crippen molar-refractivity contribution >= 4 is 17.3 Å². The number of hydrogen-bond donors (Lipinski definition) is 0. The first-order valence-electron chi connectivity index (χ1n) is 12.4. The Morgan fingerprint density at radius 1 is 0.941 bits per heavy atom. The van der Waals surface area contributed by atoms with Crippen molar-refractivity contribution in [1.29, 1.82) is 0 Å². The second kappa shape index (κ2) is 9.83. The summed E-state index contributed by atoms with van der Waals surface area (Å²) in [6.45, 7) is 16.6. The van der Waals surface area contributed by atoms with E-state index in [0.29, 0.717) is 6.61 Å². The Morgan fingerprint density at radius 2 is 1.59 bits per heavy atom. The number of hydrogen-bond acceptors (Lipinski definition) is 4. The zero-order chi connectivity index (χ0) is 24.6. The quantitative estimate of drug-likeness (QED) is 0.432. The molecule has 5 heteroatoms. The van der Waals surface area contributed by atoms with E-state index in [1.807, 2.05) is 0 Å². The minimum atomic E-state index is 0.684. The summed E-state index contributed by atoms with van der Waals surface area (Å²) in [6, 6.07) is 9.23. The lowest BCUT2D eigenvalue weighted by Gasteiger charge is -2.32. The molecule has 1 aliphatic heterocycles. The lowest BCUT2D eigenvalue weighted by Crippen LogP contribution is -2.30. The first-order valence-corrected chi connectivity index (χ1v) is 12.4. The smallest absolute Gasteiger partial charge is 0.160 e. The molecule has 0 saturated carbocycles. The number of rotatable bonds is 7. The largest absolute Gasteiger partial charge is 0.383 e. The van der Waals surface area contributed by atoms with E-state index < -0.39 is 0 Å². The van der Waals surface area contributed by atoms with Crippen molar-refractivity contribution in [3.63, 3.8) is 0 Å². The van der Waals surface area contributed by atoms with Gasteiger partial charge >= 0.3 is 0 Å². The Bertz CT molecular complexity index is 1150. The second-order valence-corrected chi connectivity index (χ2v) is 10.0. The molecule has 2 aromatic carbocycles. The van der Waals surface area contributed by atoms with Crippen LogP contribution in [0.1, 0.15) is 50.9 Å². The van der Waals surface area contributed by atoms with Crippen LogP contribution in [-0.2, 0) is 24.8 Å². The number of aryl methyl sites for hydroxylation is 6. The summed E-state index contributed by atoms with van der Waals surface area (Å²) < 4.78 is 7.60. The molecule has 0 spiro atoms. The molecule has 0 radical (unpaired) electrons. The predicted molar refractivity (Wildman–Crippen MR) is 143 cm³/mol. The van der Waals surface area contributed by atoms with Gasteiger partial charge in [0.05, 0.1) is 6.61 Å². The maximum absolute atomic E-state index is 5.51. The van der Waals surface area contributed by atoms with Crippen LogP contribution in [0.25, 0.3) is 0 Å². The average molecular weight is 461 g/mol. The summed E-state index contributed by atoms with van der Waals surface area (Å²) in [5, 5.41) is 5.09. The second-order valence-electron chi connectivity index (χ2n) is 10.0. The van der Waals surface area contributed by atoms with Crippen LogP contribution < -0.4 is 9.80 Å². The van der Waals surface area contributed by atoms with Gasteiger partial charge in [0.1, 0.15) is 5.82 Å². The average Bonchev–Trinajstić information content (AvgIpc) is 3.10. The van der Waals surface area contributed by atoms with Gasteiger partial charge in [-0.3, -0.25) is 4.68 Å². The molecule has 0 N–H and O–H groups in total. The van der Waals surface area contributed by atoms with Gasteiger partial charge in [0, 0.05) is 45.0 Å². The molecule has 34 heavy (non-hydrogen) atoms. The van der Waals surface area contributed by atoms with E-state index in [-0.39, 0.29) is 0 Å². The fourth-order valence-electron chi connectivity index (χ4n) is 5.62. The molecule has 5 nitrogen and oxygen atoms in total. The van der Waals surface area contributed by atoms with E-state index in [0.717, 1.165) is 38.3 Å². The Labute approximate surface area is 205 Å². The van der Waals surface area contributed by atoms with E-state index in [9.17, 15) is 0 Å². The monoisotopic (exact) mass is 460 g/mol. The van der Waals surface area contributed by atoms with E-state index in [2.05, 4.69) is 87.3 Å². The van der Waals surface area contributed by atoms with Crippen molar-refractivity contribution in [3.8, 4) is 0 Å². The molecule has 1 aromatic heterocycles. The van der Waals surface area contributed by atoms with Gasteiger partial charge in [-0.25, -0.2) is 0 Å². The van der Waals surface area contributed by atoms with Crippen LogP contribution in [0.15, 0.2) is 24.3 Å². The zero-order valence-electron chi connectivity index (χ0n) is 22.2. The molecule has 4 rings (SSSR count). The molecular formula is C29H40N4O. The van der Waals surface area contributed by atoms with E-state index in [4.69, 9.17) is 9.84 Å². The lowest BCUT2D eigenvalue weighted by molar-refractivity contribution is 0.204. The predicted octanol–water partition coefficient (Wildman–Crippen LogP) is 6.01. The lowest BCUT2D eigenvalue weighted by atomic mass is 9.99. The minimum absolute atomic E-state index is 0.684. The summed E-state index contributed by atoms with van der Waals surface area (Å²) in [5.41, 5.74) is 12.0. The Morgan fingerprint density at radius 3 is 2.21 bits per heavy atom. The first-order chi connectivity index (χ1) is 16.2. The maximum Gasteiger partial charge on any atom is 0.160 e. The summed E-state index contributed by atoms with van der Waals surface area (Å²) in [4.78, 5) is 4.90. The molecule has 0 bridgehead atoms. The van der Waals surface area contributed by atoms with Crippen molar-refractivity contribution in [1.82, 2.24) is 9.78 Å². The van der Waals surface area contributed by atoms with E-state index in [1.54, 1.807) is 7.11 Å². The summed E-state index contributed by atoms with van der Waals surface area (Å²) in [5.74, 6) is 2.33. The van der Waals surface area contributed by atoms with Crippen LogP contribution in [0.2, 0.25) is 0 Å². The molecule has 182 valence electrons. The standard InChI is InChI=1S/C29H40N4O/c1-19-14-22(4)27(23(5)15-19)33-11-9-10-26-28(33)30-31(7)29(26)32(12-13-34-8)18-25-16-20(2)24(6)21(3)17-25/h14-17H,9-13,18H2,1-8H3. The highest BCUT2D eigenvalue weighted by atomic mass is 16.5. The highest BCUT2D eigenvalue weighted by Crippen LogP contribution is 2.41. The highest BCUT2D eigenvalue weighted by molar-refractivity contribution is 5.74. The van der Waals surface area contributed by atoms with E-state index in [1.165, 1.54) is 56.0 Å². The molecule has 0 unspecified atom stereocenters. The van der Waals surface area contributed by atoms with Gasteiger partial charge in [0.15, 0.2) is 5.82 Å². The molecule has 3 aromatic rings. The zero-order valence-corrected chi connectivity index (χ0v) is 22.2. The van der Waals surface area contributed by atoms with Crippen LogP contribution >= 0.6 is 0 Å². The fraction of sp³-hybridized carbons (Fsp3) is 0.483. The van der Waals surface area contributed by atoms with Gasteiger partial charge in [0.25, 0.3) is 0 Å². The van der Waals surface area contributed by atoms with Crippen LogP contribution in [0.5, 0.6) is 0 Å². The number of nitrogens with zero attached hydrogens (tertiary/aromatic N) is 4. The Balaban J connectivity index is 1.76. The van der Waals surface area contributed by atoms with Gasteiger partial charge in [0.2, 0.25) is 0 Å².